The highest BCUT2D eigenvalue weighted by Crippen LogP contribution is 2.37. The molecule has 1 aromatic carbocycles. The molecule has 2 fully saturated rings. The molecule has 2 aliphatic rings. The smallest absolute Gasteiger partial charge is 0.337 e. The van der Waals surface area contributed by atoms with Crippen LogP contribution >= 0.6 is 11.6 Å². The Kier molecular flexibility index (Phi) is 5.55. The fourth-order valence-electron chi connectivity index (χ4n) is 4.01. The lowest BCUT2D eigenvalue weighted by molar-refractivity contribution is -0.169. The van der Waals surface area contributed by atoms with Crippen molar-refractivity contribution in [3.05, 3.63) is 58.5 Å². The summed E-state index contributed by atoms with van der Waals surface area (Å²) in [5.41, 5.74) is -1.96. The Balaban J connectivity index is 1.67. The zero-order valence-corrected chi connectivity index (χ0v) is 18.0. The number of piperazine rings is 1. The van der Waals surface area contributed by atoms with Gasteiger partial charge in [-0.25, -0.2) is 9.37 Å². The number of benzene rings is 1. The molecule has 1 aromatic heterocycles. The number of alkyl halides is 3. The minimum absolute atomic E-state index is 0.0112. The van der Waals surface area contributed by atoms with E-state index in [1.807, 2.05) is 0 Å². The number of rotatable bonds is 3. The molecule has 33 heavy (non-hydrogen) atoms. The van der Waals surface area contributed by atoms with Gasteiger partial charge in [0.25, 0.3) is 5.91 Å². The number of hydrogen-bond acceptors (Lipinski definition) is 4. The molecular formula is C21H17ClF4N4O3. The summed E-state index contributed by atoms with van der Waals surface area (Å²) in [5, 5.41) is 0.0112. The first kappa shape index (κ1) is 23.0. The van der Waals surface area contributed by atoms with E-state index in [0.29, 0.717) is 5.56 Å². The van der Waals surface area contributed by atoms with Crippen molar-refractivity contribution >= 4 is 35.1 Å². The van der Waals surface area contributed by atoms with Crippen LogP contribution in [0.2, 0.25) is 5.02 Å². The van der Waals surface area contributed by atoms with E-state index in [9.17, 15) is 31.9 Å². The number of halogens is 5. The average molecular weight is 485 g/mol. The maximum atomic E-state index is 14.5. The van der Waals surface area contributed by atoms with Crippen molar-refractivity contribution in [3.63, 3.8) is 0 Å². The minimum atomic E-state index is -4.51. The van der Waals surface area contributed by atoms with E-state index in [1.165, 1.54) is 28.9 Å². The molecule has 7 nitrogen and oxygen atoms in total. The van der Waals surface area contributed by atoms with Gasteiger partial charge in [0.2, 0.25) is 11.8 Å². The number of carbonyl (C=O) groups excluding carboxylic acids is 3. The van der Waals surface area contributed by atoms with Crippen molar-refractivity contribution in [2.24, 2.45) is 0 Å². The Morgan fingerprint density at radius 1 is 1.18 bits per heavy atom. The van der Waals surface area contributed by atoms with Crippen LogP contribution in [0.25, 0.3) is 0 Å². The molecule has 0 radical (unpaired) electrons. The Morgan fingerprint density at radius 2 is 1.82 bits per heavy atom. The van der Waals surface area contributed by atoms with Crippen LogP contribution in [0.15, 0.2) is 36.5 Å². The van der Waals surface area contributed by atoms with Gasteiger partial charge in [0.15, 0.2) is 17.2 Å². The topological polar surface area (TPSA) is 73.8 Å². The van der Waals surface area contributed by atoms with Gasteiger partial charge in [0.05, 0.1) is 23.7 Å². The predicted octanol–water partition coefficient (Wildman–Crippen LogP) is 2.87. The summed E-state index contributed by atoms with van der Waals surface area (Å²) in [4.78, 5) is 45.7. The van der Waals surface area contributed by atoms with Gasteiger partial charge < -0.3 is 9.80 Å². The van der Waals surface area contributed by atoms with E-state index in [2.05, 4.69) is 4.98 Å². The molecule has 0 N–H and O–H groups in total. The van der Waals surface area contributed by atoms with E-state index >= 15 is 0 Å². The maximum Gasteiger partial charge on any atom is 0.416 e. The first-order chi connectivity index (χ1) is 15.4. The molecule has 1 spiro atoms. The highest BCUT2D eigenvalue weighted by molar-refractivity contribution is 6.30. The SMILES string of the molecule is CC(=O)N1CC2(C1)C(=O)N(c1ncc(Cl)cc1F)CC(=O)N2Cc1ccc(C(F)(F)F)cc1. The Morgan fingerprint density at radius 3 is 2.36 bits per heavy atom. The van der Waals surface area contributed by atoms with Crippen molar-refractivity contribution in [3.8, 4) is 0 Å². The maximum absolute atomic E-state index is 14.5. The monoisotopic (exact) mass is 484 g/mol. The van der Waals surface area contributed by atoms with Gasteiger partial charge in [-0.15, -0.1) is 0 Å². The molecule has 0 aliphatic carbocycles. The number of anilines is 1. The molecule has 4 rings (SSSR count). The van der Waals surface area contributed by atoms with Crippen molar-refractivity contribution in [2.45, 2.75) is 25.2 Å². The summed E-state index contributed by atoms with van der Waals surface area (Å²) >= 11 is 5.73. The molecule has 2 saturated heterocycles. The van der Waals surface area contributed by atoms with Crippen LogP contribution in [0, 0.1) is 5.82 Å². The second kappa shape index (κ2) is 7.98. The predicted molar refractivity (Wildman–Crippen MR) is 109 cm³/mol. The molecule has 0 bridgehead atoms. The molecule has 3 heterocycles. The van der Waals surface area contributed by atoms with Gasteiger partial charge in [-0.1, -0.05) is 23.7 Å². The van der Waals surface area contributed by atoms with Gasteiger partial charge in [-0.05, 0) is 23.8 Å². The van der Waals surface area contributed by atoms with Crippen LogP contribution in [0.1, 0.15) is 18.1 Å². The molecule has 0 unspecified atom stereocenters. The van der Waals surface area contributed by atoms with Crippen LogP contribution in [0.5, 0.6) is 0 Å². The van der Waals surface area contributed by atoms with Crippen molar-refractivity contribution in [2.75, 3.05) is 24.5 Å². The molecular weight excluding hydrogens is 468 g/mol. The van der Waals surface area contributed by atoms with Crippen molar-refractivity contribution < 1.29 is 31.9 Å². The molecule has 0 atom stereocenters. The second-order valence-electron chi connectivity index (χ2n) is 7.93. The van der Waals surface area contributed by atoms with Gasteiger partial charge in [0, 0.05) is 19.7 Å². The fourth-order valence-corrected chi connectivity index (χ4v) is 4.15. The first-order valence-electron chi connectivity index (χ1n) is 9.77. The average Bonchev–Trinajstić information content (AvgIpc) is 2.69. The third-order valence-corrected chi connectivity index (χ3v) is 5.98. The summed E-state index contributed by atoms with van der Waals surface area (Å²) in [5.74, 6) is -2.78. The minimum Gasteiger partial charge on any atom is -0.337 e. The van der Waals surface area contributed by atoms with E-state index in [0.717, 1.165) is 29.3 Å². The number of hydrogen-bond donors (Lipinski definition) is 0. The van der Waals surface area contributed by atoms with Crippen LogP contribution in [-0.2, 0) is 27.1 Å². The van der Waals surface area contributed by atoms with Crippen LogP contribution in [0.3, 0.4) is 0 Å². The number of pyridine rings is 1. The fraction of sp³-hybridized carbons (Fsp3) is 0.333. The highest BCUT2D eigenvalue weighted by atomic mass is 35.5. The molecule has 174 valence electrons. The number of amides is 3. The Labute approximate surface area is 190 Å². The lowest BCUT2D eigenvalue weighted by Gasteiger charge is -2.57. The Hall–Kier alpha value is -3.21. The molecule has 12 heteroatoms. The standard InChI is InChI=1S/C21H17ClF4N4O3/c1-12(31)28-10-20(11-28)19(33)29(18-16(23)6-15(22)7-27-18)9-17(32)30(20)8-13-2-4-14(5-3-13)21(24,25)26/h2-7H,8-11H2,1H3. The molecule has 0 saturated carbocycles. The van der Waals surface area contributed by atoms with Crippen LogP contribution in [-0.4, -0.2) is 57.7 Å². The lowest BCUT2D eigenvalue weighted by atomic mass is 9.83. The first-order valence-corrected chi connectivity index (χ1v) is 10.2. The summed E-state index contributed by atoms with van der Waals surface area (Å²) in [7, 11) is 0. The molecule has 2 aromatic rings. The van der Waals surface area contributed by atoms with Crippen LogP contribution < -0.4 is 4.90 Å². The molecule has 2 aliphatic heterocycles. The normalized spacial score (nSPS) is 18.1. The van der Waals surface area contributed by atoms with E-state index in [-0.39, 0.29) is 36.4 Å². The largest absolute Gasteiger partial charge is 0.416 e. The van der Waals surface area contributed by atoms with Gasteiger partial charge in [-0.3, -0.25) is 19.3 Å². The summed E-state index contributed by atoms with van der Waals surface area (Å²) < 4.78 is 53.1. The third kappa shape index (κ3) is 4.01. The number of nitrogens with zero attached hydrogens (tertiary/aromatic N) is 4. The molecule has 3 amide bonds. The number of aromatic nitrogens is 1. The summed E-state index contributed by atoms with van der Waals surface area (Å²) in [6.07, 6.45) is -3.37. The zero-order valence-electron chi connectivity index (χ0n) is 17.2. The number of likely N-dealkylation sites (tertiary alicyclic amines) is 1. The van der Waals surface area contributed by atoms with Gasteiger partial charge in [0.1, 0.15) is 6.54 Å². The van der Waals surface area contributed by atoms with Crippen molar-refractivity contribution in [1.29, 1.82) is 0 Å². The summed E-state index contributed by atoms with van der Waals surface area (Å²) in [6, 6.07) is 5.19. The zero-order chi connectivity index (χ0) is 24.1. The summed E-state index contributed by atoms with van der Waals surface area (Å²) in [6.45, 7) is 0.380. The van der Waals surface area contributed by atoms with Gasteiger partial charge >= 0.3 is 6.18 Å². The van der Waals surface area contributed by atoms with Gasteiger partial charge in [-0.2, -0.15) is 13.2 Å². The van der Waals surface area contributed by atoms with E-state index in [1.54, 1.807) is 0 Å². The van der Waals surface area contributed by atoms with E-state index < -0.39 is 41.5 Å². The lowest BCUT2D eigenvalue weighted by Crippen LogP contribution is -2.81. The van der Waals surface area contributed by atoms with Crippen LogP contribution in [0.4, 0.5) is 23.4 Å². The van der Waals surface area contributed by atoms with Crippen molar-refractivity contribution in [1.82, 2.24) is 14.8 Å². The quantitative estimate of drug-likeness (QED) is 0.628. The van der Waals surface area contributed by atoms with E-state index in [4.69, 9.17) is 11.6 Å². The highest BCUT2D eigenvalue weighted by Gasteiger charge is 2.60. The second-order valence-corrected chi connectivity index (χ2v) is 8.37. The number of carbonyl (C=O) groups is 3. The Bertz CT molecular complexity index is 1130. The third-order valence-electron chi connectivity index (χ3n) is 5.77.